The predicted molar refractivity (Wildman–Crippen MR) is 152 cm³/mol. The molecule has 1 aliphatic carbocycles. The van der Waals surface area contributed by atoms with Crippen LogP contribution in [0.5, 0.6) is 17.2 Å². The molecule has 0 unspecified atom stereocenters. The molecular weight excluding hydrogens is 527 g/mol. The summed E-state index contributed by atoms with van der Waals surface area (Å²) in [5.74, 6) is 0.722. The number of rotatable bonds is 11. The minimum atomic E-state index is -0.619. The van der Waals surface area contributed by atoms with Crippen molar-refractivity contribution in [2.75, 3.05) is 39.7 Å². The van der Waals surface area contributed by atoms with Gasteiger partial charge in [0.25, 0.3) is 5.91 Å². The van der Waals surface area contributed by atoms with Crippen LogP contribution in [0.1, 0.15) is 23.2 Å². The van der Waals surface area contributed by atoms with Gasteiger partial charge in [0.15, 0.2) is 11.5 Å². The molecule has 1 saturated carbocycles. The van der Waals surface area contributed by atoms with Crippen molar-refractivity contribution in [3.8, 4) is 34.2 Å². The quantitative estimate of drug-likeness (QED) is 0.272. The van der Waals surface area contributed by atoms with Gasteiger partial charge in [-0.15, -0.1) is 0 Å². The van der Waals surface area contributed by atoms with Crippen LogP contribution in [0.15, 0.2) is 72.9 Å². The molecule has 1 fully saturated rings. The highest BCUT2D eigenvalue weighted by molar-refractivity contribution is 5.99. The van der Waals surface area contributed by atoms with Gasteiger partial charge in [-0.05, 0) is 67.3 Å². The third-order valence-corrected chi connectivity index (χ3v) is 6.89. The minimum absolute atomic E-state index is 0.0606. The Morgan fingerprint density at radius 3 is 2.37 bits per heavy atom. The number of amides is 2. The minimum Gasteiger partial charge on any atom is -0.497 e. The predicted octanol–water partition coefficient (Wildman–Crippen LogP) is 5.20. The summed E-state index contributed by atoms with van der Waals surface area (Å²) in [6, 6.07) is 18.5. The summed E-state index contributed by atoms with van der Waals surface area (Å²) < 4.78 is 32.3. The van der Waals surface area contributed by atoms with Crippen LogP contribution in [0, 0.1) is 11.7 Å². The van der Waals surface area contributed by atoms with E-state index < -0.39 is 17.6 Å². The van der Waals surface area contributed by atoms with Gasteiger partial charge >= 0.3 is 0 Å². The van der Waals surface area contributed by atoms with Crippen molar-refractivity contribution in [1.29, 1.82) is 0 Å². The number of hydrogen-bond donors (Lipinski definition) is 1. The first-order chi connectivity index (χ1) is 19.9. The second-order valence-corrected chi connectivity index (χ2v) is 9.74. The van der Waals surface area contributed by atoms with E-state index in [9.17, 15) is 14.0 Å². The van der Waals surface area contributed by atoms with Gasteiger partial charge in [-0.1, -0.05) is 12.1 Å². The van der Waals surface area contributed by atoms with Crippen molar-refractivity contribution in [3.05, 3.63) is 84.3 Å². The Hall–Kier alpha value is -4.86. The highest BCUT2D eigenvalue weighted by Gasteiger charge is 2.30. The Morgan fingerprint density at radius 2 is 1.71 bits per heavy atom. The van der Waals surface area contributed by atoms with Gasteiger partial charge < -0.3 is 19.1 Å². The first kappa shape index (κ1) is 27.7. The number of imidazole rings is 1. The van der Waals surface area contributed by atoms with Crippen LogP contribution in [0.4, 0.5) is 10.3 Å². The van der Waals surface area contributed by atoms with Gasteiger partial charge in [-0.2, -0.15) is 0 Å². The molecule has 0 spiro atoms. The number of anilines is 1. The fourth-order valence-corrected chi connectivity index (χ4v) is 4.51. The number of halogens is 1. The van der Waals surface area contributed by atoms with E-state index in [1.54, 1.807) is 50.3 Å². The molecular formula is C31H31FN4O5. The second-order valence-electron chi connectivity index (χ2n) is 9.74. The number of hydrogen-bond acceptors (Lipinski definition) is 6. The summed E-state index contributed by atoms with van der Waals surface area (Å²) in [5, 5.41) is 2.86. The molecule has 0 atom stereocenters. The normalized spacial score (nSPS) is 12.5. The van der Waals surface area contributed by atoms with Crippen molar-refractivity contribution in [2.24, 2.45) is 5.92 Å². The average molecular weight is 559 g/mol. The number of aromatic nitrogens is 2. The van der Waals surface area contributed by atoms with E-state index in [-0.39, 0.29) is 18.1 Å². The molecule has 1 aromatic heterocycles. The van der Waals surface area contributed by atoms with E-state index in [2.05, 4.69) is 5.32 Å². The fraction of sp³-hybridized carbons (Fsp3) is 0.258. The van der Waals surface area contributed by atoms with E-state index >= 15 is 0 Å². The maximum Gasteiger partial charge on any atom is 0.257 e. The lowest BCUT2D eigenvalue weighted by Crippen LogP contribution is -2.40. The number of benzene rings is 3. The van der Waals surface area contributed by atoms with Gasteiger partial charge in [-0.25, -0.2) is 9.37 Å². The van der Waals surface area contributed by atoms with E-state index in [0.29, 0.717) is 41.1 Å². The number of methoxy groups -OCH3 is 3. The Balaban J connectivity index is 1.45. The summed E-state index contributed by atoms with van der Waals surface area (Å²) in [7, 11) is 4.69. The first-order valence-electron chi connectivity index (χ1n) is 13.2. The molecule has 5 rings (SSSR count). The summed E-state index contributed by atoms with van der Waals surface area (Å²) in [5.41, 5.74) is 2.03. The maximum absolute atomic E-state index is 14.4. The van der Waals surface area contributed by atoms with Crippen LogP contribution >= 0.6 is 0 Å². The van der Waals surface area contributed by atoms with Crippen LogP contribution in [-0.2, 0) is 4.79 Å². The molecule has 0 saturated heterocycles. The molecule has 10 heteroatoms. The topological polar surface area (TPSA) is 94.9 Å². The van der Waals surface area contributed by atoms with Crippen molar-refractivity contribution >= 4 is 17.8 Å². The number of nitrogens with zero attached hydrogens (tertiary/aromatic N) is 3. The zero-order chi connectivity index (χ0) is 28.9. The average Bonchev–Trinajstić information content (AvgIpc) is 3.72. The molecule has 4 aromatic rings. The molecule has 0 aliphatic heterocycles. The third kappa shape index (κ3) is 6.32. The monoisotopic (exact) mass is 558 g/mol. The standard InChI is InChI=1S/C31H31FN4O5/c1-39-23-13-10-21(11-14-23)26-18-36(22-12-15-27(40-2)28(16-22)41-3)31(33-26)34-29(37)19-35(17-20-8-9-20)30(38)24-6-4-5-7-25(24)32/h4-7,10-16,18,20H,8-9,17,19H2,1-3H3,(H,33,34,37). The molecule has 1 heterocycles. The molecule has 2 amide bonds. The summed E-state index contributed by atoms with van der Waals surface area (Å²) in [6.45, 7) is 0.127. The Bertz CT molecular complexity index is 1550. The van der Waals surface area contributed by atoms with E-state index in [4.69, 9.17) is 19.2 Å². The number of carbonyl (C=O) groups excluding carboxylic acids is 2. The second kappa shape index (κ2) is 12.1. The highest BCUT2D eigenvalue weighted by Crippen LogP contribution is 2.33. The zero-order valence-electron chi connectivity index (χ0n) is 23.1. The number of ether oxygens (including phenoxy) is 3. The summed E-state index contributed by atoms with van der Waals surface area (Å²) in [6.07, 6.45) is 3.74. The highest BCUT2D eigenvalue weighted by atomic mass is 19.1. The number of carbonyl (C=O) groups is 2. The van der Waals surface area contributed by atoms with Crippen LogP contribution < -0.4 is 19.5 Å². The lowest BCUT2D eigenvalue weighted by Gasteiger charge is -2.22. The maximum atomic E-state index is 14.4. The van der Waals surface area contributed by atoms with Gasteiger partial charge in [0, 0.05) is 24.4 Å². The van der Waals surface area contributed by atoms with Crippen molar-refractivity contribution in [1.82, 2.24) is 14.5 Å². The zero-order valence-corrected chi connectivity index (χ0v) is 23.1. The first-order valence-corrected chi connectivity index (χ1v) is 13.2. The number of nitrogens with one attached hydrogen (secondary N) is 1. The van der Waals surface area contributed by atoms with Gasteiger partial charge in [0.05, 0.1) is 38.3 Å². The molecule has 1 aliphatic rings. The van der Waals surface area contributed by atoms with E-state index in [0.717, 1.165) is 18.4 Å². The van der Waals surface area contributed by atoms with Crippen molar-refractivity contribution in [3.63, 3.8) is 0 Å². The van der Waals surface area contributed by atoms with Crippen molar-refractivity contribution < 1.29 is 28.2 Å². The molecule has 41 heavy (non-hydrogen) atoms. The van der Waals surface area contributed by atoms with Gasteiger partial charge in [-0.3, -0.25) is 19.5 Å². The SMILES string of the molecule is COc1ccc(-c2cn(-c3ccc(OC)c(OC)c3)c(NC(=O)CN(CC3CC3)C(=O)c3ccccc3F)n2)cc1. The smallest absolute Gasteiger partial charge is 0.257 e. The molecule has 0 bridgehead atoms. The van der Waals surface area contributed by atoms with E-state index in [1.807, 2.05) is 30.3 Å². The molecule has 3 aromatic carbocycles. The third-order valence-electron chi connectivity index (χ3n) is 6.89. The Morgan fingerprint density at radius 1 is 0.976 bits per heavy atom. The Kier molecular flexibility index (Phi) is 8.19. The summed E-state index contributed by atoms with van der Waals surface area (Å²) in [4.78, 5) is 32.7. The van der Waals surface area contributed by atoms with Crippen LogP contribution in [0.2, 0.25) is 0 Å². The van der Waals surface area contributed by atoms with Crippen LogP contribution in [0.3, 0.4) is 0 Å². The molecule has 9 nitrogen and oxygen atoms in total. The lowest BCUT2D eigenvalue weighted by atomic mass is 10.1. The van der Waals surface area contributed by atoms with Crippen LogP contribution in [-0.4, -0.2) is 60.7 Å². The molecule has 1 N–H and O–H groups in total. The summed E-state index contributed by atoms with van der Waals surface area (Å²) >= 11 is 0. The van der Waals surface area contributed by atoms with Gasteiger partial charge in [0.1, 0.15) is 18.1 Å². The molecule has 0 radical (unpaired) electrons. The van der Waals surface area contributed by atoms with Crippen LogP contribution in [0.25, 0.3) is 16.9 Å². The molecule has 212 valence electrons. The van der Waals surface area contributed by atoms with Gasteiger partial charge in [0.2, 0.25) is 11.9 Å². The Labute approximate surface area is 237 Å². The largest absolute Gasteiger partial charge is 0.497 e. The lowest BCUT2D eigenvalue weighted by molar-refractivity contribution is -0.117. The van der Waals surface area contributed by atoms with Crippen molar-refractivity contribution in [2.45, 2.75) is 12.8 Å². The van der Waals surface area contributed by atoms with E-state index in [1.165, 1.54) is 23.1 Å². The fourth-order valence-electron chi connectivity index (χ4n) is 4.51.